The molecule has 2 saturated heterocycles. The van der Waals surface area contributed by atoms with Crippen molar-refractivity contribution in [3.8, 4) is 5.75 Å². The molecule has 4 rings (SSSR count). The Kier molecular flexibility index (Phi) is 5.48. The number of anilines is 2. The first-order chi connectivity index (χ1) is 14.4. The van der Waals surface area contributed by atoms with E-state index in [4.69, 9.17) is 4.74 Å². The van der Waals surface area contributed by atoms with Crippen LogP contribution in [0.3, 0.4) is 0 Å². The minimum absolute atomic E-state index is 0.156. The van der Waals surface area contributed by atoms with E-state index in [1.807, 2.05) is 24.3 Å². The number of piperazine rings is 1. The zero-order chi connectivity index (χ0) is 21.3. The van der Waals surface area contributed by atoms with E-state index >= 15 is 0 Å². The molecule has 158 valence electrons. The second-order valence-electron chi connectivity index (χ2n) is 7.21. The van der Waals surface area contributed by atoms with E-state index < -0.39 is 10.0 Å². The Morgan fingerprint density at radius 3 is 1.83 bits per heavy atom. The average Bonchev–Trinajstić information content (AvgIpc) is 3.12. The van der Waals surface area contributed by atoms with Crippen molar-refractivity contribution >= 4 is 33.2 Å². The van der Waals surface area contributed by atoms with Crippen LogP contribution in [0, 0.1) is 0 Å². The van der Waals surface area contributed by atoms with E-state index in [0.29, 0.717) is 31.9 Å². The van der Waals surface area contributed by atoms with Crippen molar-refractivity contribution in [2.75, 3.05) is 43.1 Å². The van der Waals surface area contributed by atoms with Gasteiger partial charge >= 0.3 is 0 Å². The van der Waals surface area contributed by atoms with Crippen LogP contribution in [0.15, 0.2) is 53.4 Å². The number of ether oxygens (including phenoxy) is 1. The van der Waals surface area contributed by atoms with Crippen molar-refractivity contribution in [2.24, 2.45) is 0 Å². The van der Waals surface area contributed by atoms with Gasteiger partial charge in [0.2, 0.25) is 21.8 Å². The third-order valence-electron chi connectivity index (χ3n) is 5.46. The maximum Gasteiger partial charge on any atom is 0.243 e. The molecule has 2 heterocycles. The van der Waals surface area contributed by atoms with Gasteiger partial charge in [0.25, 0.3) is 0 Å². The van der Waals surface area contributed by atoms with Gasteiger partial charge in [-0.05, 0) is 48.5 Å². The van der Waals surface area contributed by atoms with Crippen LogP contribution < -0.4 is 14.5 Å². The monoisotopic (exact) mass is 429 g/mol. The molecule has 0 aromatic heterocycles. The minimum Gasteiger partial charge on any atom is -0.497 e. The molecule has 0 N–H and O–H groups in total. The van der Waals surface area contributed by atoms with Crippen LogP contribution in [-0.2, 0) is 19.6 Å². The molecular formula is C21H23N3O5S. The van der Waals surface area contributed by atoms with Crippen LogP contribution >= 0.6 is 0 Å². The number of nitrogens with zero attached hydrogens (tertiary/aromatic N) is 3. The van der Waals surface area contributed by atoms with Gasteiger partial charge in [-0.15, -0.1) is 0 Å². The number of amides is 2. The Morgan fingerprint density at radius 1 is 0.767 bits per heavy atom. The molecule has 2 aliphatic heterocycles. The molecule has 0 radical (unpaired) electrons. The lowest BCUT2D eigenvalue weighted by Crippen LogP contribution is -2.48. The fourth-order valence-electron chi connectivity index (χ4n) is 3.76. The Labute approximate surface area is 175 Å². The summed E-state index contributed by atoms with van der Waals surface area (Å²) in [6.45, 7) is 1.92. The number of carbonyl (C=O) groups is 2. The number of hydrogen-bond acceptors (Lipinski definition) is 6. The largest absolute Gasteiger partial charge is 0.497 e. The lowest BCUT2D eigenvalue weighted by atomic mass is 10.2. The summed E-state index contributed by atoms with van der Waals surface area (Å²) in [5.41, 5.74) is 1.43. The normalized spacial score (nSPS) is 18.2. The minimum atomic E-state index is -3.65. The Bertz CT molecular complexity index is 1030. The van der Waals surface area contributed by atoms with Crippen LogP contribution in [0.5, 0.6) is 5.75 Å². The molecule has 8 nitrogen and oxygen atoms in total. The highest BCUT2D eigenvalue weighted by molar-refractivity contribution is 7.89. The molecule has 0 bridgehead atoms. The zero-order valence-electron chi connectivity index (χ0n) is 16.7. The van der Waals surface area contributed by atoms with Gasteiger partial charge in [0.05, 0.1) is 17.7 Å². The molecule has 2 aromatic rings. The standard InChI is InChI=1S/C21H23N3O5S/c1-29-18-6-2-16(3-7-18)22-12-14-23(15-13-22)30(27,28)19-8-4-17(5-9-19)24-20(25)10-11-21(24)26/h2-9H,10-15H2,1H3. The van der Waals surface area contributed by atoms with Crippen molar-refractivity contribution in [2.45, 2.75) is 17.7 Å². The molecule has 2 fully saturated rings. The lowest BCUT2D eigenvalue weighted by molar-refractivity contribution is -0.121. The van der Waals surface area contributed by atoms with Gasteiger partial charge in [0, 0.05) is 44.7 Å². The summed E-state index contributed by atoms with van der Waals surface area (Å²) in [4.78, 5) is 27.1. The van der Waals surface area contributed by atoms with E-state index in [2.05, 4.69) is 4.90 Å². The van der Waals surface area contributed by atoms with Crippen molar-refractivity contribution in [3.63, 3.8) is 0 Å². The average molecular weight is 429 g/mol. The smallest absolute Gasteiger partial charge is 0.243 e. The van der Waals surface area contributed by atoms with Gasteiger partial charge in [-0.1, -0.05) is 0 Å². The molecule has 0 spiro atoms. The number of sulfonamides is 1. The maximum atomic E-state index is 13.0. The van der Waals surface area contributed by atoms with Crippen LogP contribution in [0.4, 0.5) is 11.4 Å². The third-order valence-corrected chi connectivity index (χ3v) is 7.37. The second kappa shape index (κ2) is 8.08. The Balaban J connectivity index is 1.44. The molecule has 0 atom stereocenters. The fraction of sp³-hybridized carbons (Fsp3) is 0.333. The molecule has 0 saturated carbocycles. The summed E-state index contributed by atoms with van der Waals surface area (Å²) in [5, 5.41) is 0. The Hall–Kier alpha value is -2.91. The summed E-state index contributed by atoms with van der Waals surface area (Å²) in [5.74, 6) is 0.260. The predicted molar refractivity (Wildman–Crippen MR) is 112 cm³/mol. The first-order valence-corrected chi connectivity index (χ1v) is 11.2. The van der Waals surface area contributed by atoms with E-state index in [0.717, 1.165) is 16.3 Å². The number of imide groups is 1. The number of carbonyl (C=O) groups excluding carboxylic acids is 2. The van der Waals surface area contributed by atoms with Crippen molar-refractivity contribution in [1.82, 2.24) is 4.31 Å². The first kappa shape index (κ1) is 20.4. The van der Waals surface area contributed by atoms with Crippen molar-refractivity contribution < 1.29 is 22.7 Å². The quantitative estimate of drug-likeness (QED) is 0.675. The van der Waals surface area contributed by atoms with Crippen molar-refractivity contribution in [3.05, 3.63) is 48.5 Å². The van der Waals surface area contributed by atoms with E-state index in [1.165, 1.54) is 28.6 Å². The SMILES string of the molecule is COc1ccc(N2CCN(S(=O)(=O)c3ccc(N4C(=O)CCC4=O)cc3)CC2)cc1. The number of hydrogen-bond donors (Lipinski definition) is 0. The van der Waals surface area contributed by atoms with E-state index in [-0.39, 0.29) is 29.6 Å². The molecule has 0 aliphatic carbocycles. The molecule has 2 aromatic carbocycles. The van der Waals surface area contributed by atoms with Crippen LogP contribution in [-0.4, -0.2) is 57.8 Å². The van der Waals surface area contributed by atoms with Gasteiger partial charge in [-0.25, -0.2) is 8.42 Å². The van der Waals surface area contributed by atoms with Gasteiger partial charge in [0.1, 0.15) is 5.75 Å². The Morgan fingerprint density at radius 2 is 1.30 bits per heavy atom. The summed E-state index contributed by atoms with van der Waals surface area (Å²) < 4.78 is 32.7. The molecule has 2 amide bonds. The summed E-state index contributed by atoms with van der Waals surface area (Å²) >= 11 is 0. The second-order valence-corrected chi connectivity index (χ2v) is 9.14. The highest BCUT2D eigenvalue weighted by Gasteiger charge is 2.32. The zero-order valence-corrected chi connectivity index (χ0v) is 17.5. The van der Waals surface area contributed by atoms with E-state index in [9.17, 15) is 18.0 Å². The van der Waals surface area contributed by atoms with Gasteiger partial charge in [-0.3, -0.25) is 14.5 Å². The highest BCUT2D eigenvalue weighted by Crippen LogP contribution is 2.26. The predicted octanol–water partition coefficient (Wildman–Crippen LogP) is 1.86. The van der Waals surface area contributed by atoms with E-state index in [1.54, 1.807) is 7.11 Å². The van der Waals surface area contributed by atoms with Crippen molar-refractivity contribution in [1.29, 1.82) is 0 Å². The number of benzene rings is 2. The molecule has 30 heavy (non-hydrogen) atoms. The fourth-order valence-corrected chi connectivity index (χ4v) is 5.18. The van der Waals surface area contributed by atoms with Gasteiger partial charge < -0.3 is 9.64 Å². The van der Waals surface area contributed by atoms with Gasteiger partial charge in [0.15, 0.2) is 0 Å². The number of rotatable bonds is 5. The van der Waals surface area contributed by atoms with Gasteiger partial charge in [-0.2, -0.15) is 4.31 Å². The van der Waals surface area contributed by atoms with Crippen LogP contribution in [0.1, 0.15) is 12.8 Å². The topological polar surface area (TPSA) is 87.2 Å². The van der Waals surface area contributed by atoms with Crippen LogP contribution in [0.2, 0.25) is 0 Å². The molecule has 9 heteroatoms. The summed E-state index contributed by atoms with van der Waals surface area (Å²) in [7, 11) is -2.03. The molecule has 2 aliphatic rings. The number of methoxy groups -OCH3 is 1. The summed E-state index contributed by atoms with van der Waals surface area (Å²) in [6, 6.07) is 13.6. The lowest BCUT2D eigenvalue weighted by Gasteiger charge is -2.35. The third kappa shape index (κ3) is 3.78. The van der Waals surface area contributed by atoms with Crippen LogP contribution in [0.25, 0.3) is 0 Å². The summed E-state index contributed by atoms with van der Waals surface area (Å²) in [6.07, 6.45) is 0.384. The molecule has 0 unspecified atom stereocenters. The highest BCUT2D eigenvalue weighted by atomic mass is 32.2. The maximum absolute atomic E-state index is 13.0. The first-order valence-electron chi connectivity index (χ1n) is 9.75. The molecular weight excluding hydrogens is 406 g/mol.